The topological polar surface area (TPSA) is 336 Å². The van der Waals surface area contributed by atoms with E-state index in [2.05, 4.69) is 23.8 Å². The maximum Gasteiger partial charge on any atom is 1.00 e. The van der Waals surface area contributed by atoms with E-state index < -0.39 is 46.8 Å². The van der Waals surface area contributed by atoms with E-state index in [-0.39, 0.29) is 90.0 Å². The Labute approximate surface area is 221 Å². The number of ether oxygens (including phenoxy) is 1. The fourth-order valence-electron chi connectivity index (χ4n) is 2.46. The van der Waals surface area contributed by atoms with Crippen molar-refractivity contribution in [2.45, 2.75) is 24.5 Å². The second-order valence-electron chi connectivity index (χ2n) is 5.40. The molecule has 5 atom stereocenters. The Morgan fingerprint density at radius 2 is 1.64 bits per heavy atom. The van der Waals surface area contributed by atoms with Gasteiger partial charge >= 0.3 is 56.6 Å². The van der Waals surface area contributed by atoms with E-state index in [1.807, 2.05) is 0 Å². The summed E-state index contributed by atoms with van der Waals surface area (Å²) < 4.78 is 35.7. The molecule has 10 N–H and O–H groups in total. The molecule has 174 valence electrons. The van der Waals surface area contributed by atoms with E-state index in [4.69, 9.17) is 10.5 Å². The quantitative estimate of drug-likeness (QED) is 0.245. The molecule has 1 saturated heterocycles. The summed E-state index contributed by atoms with van der Waals surface area (Å²) in [6.07, 6.45) is -3.48. The molecule has 3 rings (SSSR count). The third kappa shape index (κ3) is 9.62. The molecule has 1 aliphatic rings. The average Bonchev–Trinajstić information content (AvgIpc) is 3.07. The summed E-state index contributed by atoms with van der Waals surface area (Å²) in [5.41, 5.74) is 6.04. The average molecular weight is 499 g/mol. The minimum absolute atomic E-state index is 0. The van der Waals surface area contributed by atoms with Crippen LogP contribution in [0, 0.1) is 0 Å². The van der Waals surface area contributed by atoms with E-state index in [1.54, 1.807) is 0 Å². The van der Waals surface area contributed by atoms with Gasteiger partial charge in [-0.2, -0.15) is 0 Å². The predicted molar refractivity (Wildman–Crippen MR) is 88.8 cm³/mol. The summed E-state index contributed by atoms with van der Waals surface area (Å²) >= 11 is 0. The number of hydrogen-bond donors (Lipinski definition) is 3. The van der Waals surface area contributed by atoms with Crippen LogP contribution < -0.4 is 77.0 Å². The summed E-state index contributed by atoms with van der Waals surface area (Å²) in [4.78, 5) is 43.7. The van der Waals surface area contributed by atoms with E-state index in [0.717, 1.165) is 6.33 Å². The molecule has 3 heterocycles. The van der Waals surface area contributed by atoms with Crippen LogP contribution >= 0.6 is 15.6 Å². The number of hydrogen-bond acceptors (Lipinski definition) is 14. The zero-order chi connectivity index (χ0) is 20.0. The van der Waals surface area contributed by atoms with Crippen molar-refractivity contribution < 1.29 is 121 Å². The number of aliphatic hydroxyl groups is 2. The molecule has 1 aliphatic heterocycles. The van der Waals surface area contributed by atoms with Gasteiger partial charge in [-0.05, 0) is 0 Å². The summed E-state index contributed by atoms with van der Waals surface area (Å²) in [5, 5.41) is 20.2. The van der Waals surface area contributed by atoms with Gasteiger partial charge in [0, 0.05) is 0 Å². The fraction of sp³-hybridized carbons (Fsp3) is 0.500. The minimum Gasteiger partial charge on any atom is -0.790 e. The van der Waals surface area contributed by atoms with Gasteiger partial charge in [0.1, 0.15) is 30.2 Å². The van der Waals surface area contributed by atoms with Crippen LogP contribution in [0.15, 0.2) is 12.7 Å². The number of phosphoric ester groups is 1. The summed E-state index contributed by atoms with van der Waals surface area (Å²) in [5.74, 6) is 0.0655. The number of imidazole rings is 1. The van der Waals surface area contributed by atoms with Crippen molar-refractivity contribution in [1.82, 2.24) is 19.5 Å². The van der Waals surface area contributed by atoms with Crippen molar-refractivity contribution in [2.75, 3.05) is 12.3 Å². The van der Waals surface area contributed by atoms with Gasteiger partial charge < -0.3 is 60.9 Å². The molecule has 2 aromatic heterocycles. The summed E-state index contributed by atoms with van der Waals surface area (Å²) in [6.45, 7) is -0.931. The molecular formula is C10H18Li3N5O13P2. The van der Waals surface area contributed by atoms with Gasteiger partial charge in [0.05, 0.1) is 20.8 Å². The molecule has 2 aromatic rings. The largest absolute Gasteiger partial charge is 1.00 e. The van der Waals surface area contributed by atoms with Gasteiger partial charge in [-0.15, -0.1) is 0 Å². The van der Waals surface area contributed by atoms with E-state index in [1.165, 1.54) is 10.9 Å². The van der Waals surface area contributed by atoms with Crippen molar-refractivity contribution >= 4 is 32.6 Å². The Morgan fingerprint density at radius 3 is 2.18 bits per heavy atom. The summed E-state index contributed by atoms with van der Waals surface area (Å²) in [7, 11) is -11.4. The van der Waals surface area contributed by atoms with Crippen molar-refractivity contribution in [2.24, 2.45) is 0 Å². The Hall–Kier alpha value is 0.162. The van der Waals surface area contributed by atoms with Gasteiger partial charge in [-0.25, -0.2) is 15.0 Å². The van der Waals surface area contributed by atoms with Crippen LogP contribution in [0.3, 0.4) is 0 Å². The molecule has 33 heavy (non-hydrogen) atoms. The molecule has 0 bridgehead atoms. The minimum atomic E-state index is -5.85. The number of rotatable bonds is 6. The SMILES string of the molecule is Nc1ncnc2c1ncn2C1OC(COP(=O)([O-])OP(=O)([O-])[O-])C(O)C1O.O.O.O.[Li+].[Li+].[Li+]. The normalized spacial score (nSPS) is 23.3. The third-order valence-corrected chi connectivity index (χ3v) is 5.66. The number of anilines is 1. The van der Waals surface area contributed by atoms with E-state index in [0.29, 0.717) is 0 Å². The Bertz CT molecular complexity index is 951. The van der Waals surface area contributed by atoms with Gasteiger partial charge in [-0.3, -0.25) is 13.4 Å². The first-order chi connectivity index (χ1) is 12.5. The maximum absolute atomic E-state index is 11.3. The molecule has 0 amide bonds. The van der Waals surface area contributed by atoms with Gasteiger partial charge in [0.25, 0.3) is 7.82 Å². The second-order valence-corrected chi connectivity index (χ2v) is 8.10. The first-order valence-corrected chi connectivity index (χ1v) is 10.0. The monoisotopic (exact) mass is 499 g/mol. The van der Waals surface area contributed by atoms with Crippen LogP contribution in [-0.2, 0) is 22.7 Å². The Kier molecular flexibility index (Phi) is 18.7. The van der Waals surface area contributed by atoms with Crippen LogP contribution in [0.5, 0.6) is 0 Å². The zero-order valence-electron chi connectivity index (χ0n) is 17.6. The molecule has 0 aliphatic carbocycles. The number of phosphoric acid groups is 2. The van der Waals surface area contributed by atoms with E-state index >= 15 is 0 Å². The molecule has 18 nitrogen and oxygen atoms in total. The van der Waals surface area contributed by atoms with Crippen LogP contribution in [0.25, 0.3) is 11.2 Å². The Balaban J connectivity index is -0.000000701. The smallest absolute Gasteiger partial charge is 0.790 e. The molecule has 0 spiro atoms. The first kappa shape index (κ1) is 40.3. The zero-order valence-corrected chi connectivity index (χ0v) is 19.4. The van der Waals surface area contributed by atoms with Crippen molar-refractivity contribution in [3.8, 4) is 0 Å². The molecule has 0 saturated carbocycles. The number of fused-ring (bicyclic) bond motifs is 1. The number of nitrogens with two attached hydrogens (primary N) is 1. The molecule has 0 aromatic carbocycles. The summed E-state index contributed by atoms with van der Waals surface area (Å²) in [6, 6.07) is 0. The van der Waals surface area contributed by atoms with Gasteiger partial charge in [0.2, 0.25) is 0 Å². The van der Waals surface area contributed by atoms with Crippen molar-refractivity contribution in [3.63, 3.8) is 0 Å². The van der Waals surface area contributed by atoms with E-state index in [9.17, 15) is 34.0 Å². The number of aromatic nitrogens is 4. The maximum atomic E-state index is 11.3. The van der Waals surface area contributed by atoms with Gasteiger partial charge in [-0.1, -0.05) is 0 Å². The standard InChI is InChI=1S/C10H15N5O10P2.3Li.3H2O/c11-8-5-9(13-2-12-8)15(3-14-5)10-7(17)6(16)4(24-10)1-23-27(21,22)25-26(18,19)20;;;;;;/h2-4,6-7,10,16-17H,1H2,(H,21,22)(H2,11,12,13)(H2,18,19,20);;;;3*1H2/q;3*+1;;;/p-3. The predicted octanol–water partition coefficient (Wildman–Crippen LogP) is -15.1. The van der Waals surface area contributed by atoms with Crippen molar-refractivity contribution in [3.05, 3.63) is 12.7 Å². The van der Waals surface area contributed by atoms with Gasteiger partial charge in [0.15, 0.2) is 17.7 Å². The molecular weight excluding hydrogens is 481 g/mol. The second kappa shape index (κ2) is 15.3. The molecule has 23 heteroatoms. The van der Waals surface area contributed by atoms with Crippen LogP contribution in [0.4, 0.5) is 5.82 Å². The fourth-order valence-corrected chi connectivity index (χ4v) is 3.96. The molecule has 1 fully saturated rings. The first-order valence-electron chi connectivity index (χ1n) is 7.12. The molecule has 0 radical (unpaired) electrons. The Morgan fingerprint density at radius 1 is 1.06 bits per heavy atom. The van der Waals surface area contributed by atoms with Crippen molar-refractivity contribution in [1.29, 1.82) is 0 Å². The number of nitrogen functional groups attached to an aromatic ring is 1. The molecule has 5 unspecified atom stereocenters. The number of nitrogens with zero attached hydrogens (tertiary/aromatic N) is 4. The van der Waals surface area contributed by atoms with Crippen LogP contribution in [0.1, 0.15) is 6.23 Å². The number of aliphatic hydroxyl groups excluding tert-OH is 2. The van der Waals surface area contributed by atoms with Crippen LogP contribution in [-0.4, -0.2) is 71.1 Å². The third-order valence-electron chi connectivity index (χ3n) is 3.60. The van der Waals surface area contributed by atoms with Crippen LogP contribution in [0.2, 0.25) is 0 Å².